The van der Waals surface area contributed by atoms with Crippen LogP contribution in [0.3, 0.4) is 0 Å². The van der Waals surface area contributed by atoms with Gasteiger partial charge < -0.3 is 0 Å². The van der Waals surface area contributed by atoms with Gasteiger partial charge in [-0.05, 0) is 16.0 Å². The van der Waals surface area contributed by atoms with Crippen molar-refractivity contribution in [2.24, 2.45) is 25.4 Å². The van der Waals surface area contributed by atoms with E-state index in [9.17, 15) is 4.79 Å². The van der Waals surface area contributed by atoms with E-state index in [1.54, 1.807) is 0 Å². The number of rotatable bonds is 1. The summed E-state index contributed by atoms with van der Waals surface area (Å²) in [7, 11) is 0. The molecule has 0 saturated heterocycles. The van der Waals surface area contributed by atoms with Gasteiger partial charge in [0.2, 0.25) is 11.5 Å². The zero-order valence-electron chi connectivity index (χ0n) is 10.2. The Hall–Kier alpha value is -3.02. The van der Waals surface area contributed by atoms with Gasteiger partial charge in [-0.25, -0.2) is 4.99 Å². The first-order valence-electron chi connectivity index (χ1n) is 6.02. The van der Waals surface area contributed by atoms with Gasteiger partial charge in [0, 0.05) is 5.56 Å². The summed E-state index contributed by atoms with van der Waals surface area (Å²) in [5, 5.41) is 12.9. The van der Waals surface area contributed by atoms with E-state index in [0.717, 1.165) is 16.3 Å². The molecule has 2 aromatic rings. The van der Waals surface area contributed by atoms with Crippen molar-refractivity contribution in [2.45, 2.75) is 0 Å². The van der Waals surface area contributed by atoms with Crippen LogP contribution in [0.5, 0.6) is 0 Å². The molecule has 2 aromatic carbocycles. The number of amides is 1. The molecule has 0 unspecified atom stereocenters. The zero-order valence-corrected chi connectivity index (χ0v) is 10.2. The van der Waals surface area contributed by atoms with Gasteiger partial charge in [-0.2, -0.15) is 4.99 Å². The van der Waals surface area contributed by atoms with Crippen LogP contribution in [0.2, 0.25) is 0 Å². The van der Waals surface area contributed by atoms with Gasteiger partial charge in [0.25, 0.3) is 0 Å². The van der Waals surface area contributed by atoms with Crippen molar-refractivity contribution in [3.63, 3.8) is 0 Å². The van der Waals surface area contributed by atoms with E-state index in [4.69, 9.17) is 0 Å². The smallest absolute Gasteiger partial charge is 0.265 e. The molecule has 0 aromatic heterocycles. The molecule has 0 atom stereocenters. The highest BCUT2D eigenvalue weighted by atomic mass is 16.1. The highest BCUT2D eigenvalue weighted by Crippen LogP contribution is 2.21. The van der Waals surface area contributed by atoms with E-state index < -0.39 is 5.91 Å². The Morgan fingerprint density at radius 2 is 1.70 bits per heavy atom. The quantitative estimate of drug-likeness (QED) is 0.775. The van der Waals surface area contributed by atoms with Crippen LogP contribution in [-0.4, -0.2) is 23.3 Å². The van der Waals surface area contributed by atoms with Crippen LogP contribution in [0.15, 0.2) is 67.9 Å². The number of hydrogen-bond acceptors (Lipinski definition) is 5. The summed E-state index contributed by atoms with van der Waals surface area (Å²) in [6.07, 6.45) is 0. The van der Waals surface area contributed by atoms with E-state index in [0.29, 0.717) is 5.84 Å². The minimum absolute atomic E-state index is 0.106. The largest absolute Gasteiger partial charge is 0.303 e. The molecule has 0 saturated carbocycles. The Morgan fingerprint density at radius 1 is 0.850 bits per heavy atom. The summed E-state index contributed by atoms with van der Waals surface area (Å²) < 4.78 is 0. The van der Waals surface area contributed by atoms with Gasteiger partial charge in [-0.3, -0.25) is 4.79 Å². The summed E-state index contributed by atoms with van der Waals surface area (Å²) in [6.45, 7) is 0. The third-order valence-corrected chi connectivity index (χ3v) is 3.15. The monoisotopic (exact) mass is 261 g/mol. The molecule has 2 heterocycles. The van der Waals surface area contributed by atoms with E-state index in [1.807, 2.05) is 42.5 Å². The van der Waals surface area contributed by atoms with Crippen LogP contribution in [0.4, 0.5) is 0 Å². The fourth-order valence-electron chi connectivity index (χ4n) is 2.23. The summed E-state index contributed by atoms with van der Waals surface area (Å²) in [4.78, 5) is 20.1. The molecule has 20 heavy (non-hydrogen) atoms. The summed E-state index contributed by atoms with van der Waals surface area (Å²) >= 11 is 0. The maximum Gasteiger partial charge on any atom is 0.303 e. The molecular formula is C14H7N5O. The van der Waals surface area contributed by atoms with Crippen molar-refractivity contribution in [2.75, 3.05) is 0 Å². The lowest BCUT2D eigenvalue weighted by molar-refractivity contribution is -0.111. The minimum Gasteiger partial charge on any atom is -0.265 e. The third kappa shape index (κ3) is 1.51. The highest BCUT2D eigenvalue weighted by Gasteiger charge is 2.28. The summed E-state index contributed by atoms with van der Waals surface area (Å²) in [6, 6.07) is 13.7. The molecule has 0 fully saturated rings. The third-order valence-electron chi connectivity index (χ3n) is 3.15. The van der Waals surface area contributed by atoms with Gasteiger partial charge in [0.05, 0.1) is 0 Å². The fourth-order valence-corrected chi connectivity index (χ4v) is 2.23. The van der Waals surface area contributed by atoms with Gasteiger partial charge >= 0.3 is 5.91 Å². The Labute approximate surface area is 113 Å². The Balaban J connectivity index is 1.95. The lowest BCUT2D eigenvalue weighted by Gasteiger charge is -2.09. The van der Waals surface area contributed by atoms with Crippen LogP contribution in [-0.2, 0) is 4.79 Å². The normalized spacial score (nSPS) is 16.8. The number of aliphatic imine (C=N–C) groups is 2. The first-order chi connectivity index (χ1) is 9.83. The molecule has 1 amide bonds. The molecule has 6 nitrogen and oxygen atoms in total. The molecule has 0 N–H and O–H groups in total. The average Bonchev–Trinajstić information content (AvgIpc) is 2.95. The Morgan fingerprint density at radius 3 is 2.65 bits per heavy atom. The number of hydrogen-bond donors (Lipinski definition) is 0. The zero-order chi connectivity index (χ0) is 13.5. The van der Waals surface area contributed by atoms with Crippen LogP contribution in [0.25, 0.3) is 10.8 Å². The standard InChI is InChI=1S/C14H7N5O/c20-14-11-13(18-19-17-11)15-12(16-14)10-7-3-5-8-4-1-2-6-9(8)10/h1-7H. The van der Waals surface area contributed by atoms with Crippen molar-refractivity contribution in [1.82, 2.24) is 0 Å². The molecule has 0 aliphatic carbocycles. The Bertz CT molecular complexity index is 871. The van der Waals surface area contributed by atoms with Crippen molar-refractivity contribution in [3.05, 3.63) is 48.0 Å². The predicted molar refractivity (Wildman–Crippen MR) is 75.2 cm³/mol. The average molecular weight is 261 g/mol. The topological polar surface area (TPSA) is 78.9 Å². The van der Waals surface area contributed by atoms with Crippen molar-refractivity contribution in [3.8, 4) is 0 Å². The van der Waals surface area contributed by atoms with Gasteiger partial charge in [0.1, 0.15) is 0 Å². The molecule has 2 aliphatic heterocycles. The van der Waals surface area contributed by atoms with Gasteiger partial charge in [-0.1, -0.05) is 42.5 Å². The highest BCUT2D eigenvalue weighted by molar-refractivity contribution is 6.69. The van der Waals surface area contributed by atoms with E-state index >= 15 is 0 Å². The number of benzene rings is 2. The predicted octanol–water partition coefficient (Wildman–Crippen LogP) is 2.35. The van der Waals surface area contributed by atoms with Crippen LogP contribution in [0, 0.1) is 0 Å². The maximum absolute atomic E-state index is 11.9. The van der Waals surface area contributed by atoms with Crippen LogP contribution >= 0.6 is 0 Å². The molecule has 0 bridgehead atoms. The van der Waals surface area contributed by atoms with Gasteiger partial charge in [0.15, 0.2) is 5.84 Å². The minimum atomic E-state index is -0.456. The van der Waals surface area contributed by atoms with E-state index in [-0.39, 0.29) is 11.5 Å². The van der Waals surface area contributed by atoms with Crippen molar-refractivity contribution < 1.29 is 4.79 Å². The van der Waals surface area contributed by atoms with E-state index in [2.05, 4.69) is 25.4 Å². The molecule has 94 valence electrons. The molecule has 4 rings (SSSR count). The number of carbonyl (C=O) groups is 1. The summed E-state index contributed by atoms with van der Waals surface area (Å²) in [5.74, 6) is 0.123. The fraction of sp³-hybridized carbons (Fsp3) is 0. The lowest BCUT2D eigenvalue weighted by Crippen LogP contribution is -2.25. The second-order valence-electron chi connectivity index (χ2n) is 4.34. The molecular weight excluding hydrogens is 254 g/mol. The van der Waals surface area contributed by atoms with Crippen molar-refractivity contribution >= 4 is 34.1 Å². The Kier molecular flexibility index (Phi) is 2.17. The number of amidine groups is 2. The molecule has 6 heteroatoms. The van der Waals surface area contributed by atoms with Crippen molar-refractivity contribution in [1.29, 1.82) is 0 Å². The number of fused-ring (bicyclic) bond motifs is 2. The summed E-state index contributed by atoms with van der Waals surface area (Å²) in [5.41, 5.74) is 0.902. The number of nitrogens with zero attached hydrogens (tertiary/aromatic N) is 5. The SMILES string of the molecule is O=C1N=C(c2cccc3ccccc23)N=C2N=NN=C12. The van der Waals surface area contributed by atoms with E-state index in [1.165, 1.54) is 0 Å². The number of carbonyl (C=O) groups excluding carboxylic acids is 1. The van der Waals surface area contributed by atoms with Crippen LogP contribution < -0.4 is 0 Å². The molecule has 2 aliphatic rings. The first-order valence-corrected chi connectivity index (χ1v) is 6.02. The van der Waals surface area contributed by atoms with Crippen LogP contribution in [0.1, 0.15) is 5.56 Å². The molecule has 0 radical (unpaired) electrons. The lowest BCUT2D eigenvalue weighted by atomic mass is 10.0. The second kappa shape index (κ2) is 3.99. The molecule has 0 spiro atoms. The first kappa shape index (κ1) is 10.9. The van der Waals surface area contributed by atoms with Gasteiger partial charge in [-0.15, -0.1) is 10.2 Å². The second-order valence-corrected chi connectivity index (χ2v) is 4.34. The maximum atomic E-state index is 11.9.